The SMILES string of the molecule is O=C(CN1CCNCC1c1cccnc1)NC1CCOCC1. The minimum atomic E-state index is 0.114. The van der Waals surface area contributed by atoms with E-state index in [1.54, 1.807) is 6.20 Å². The molecule has 1 aromatic rings. The number of nitrogens with zero attached hydrogens (tertiary/aromatic N) is 2. The summed E-state index contributed by atoms with van der Waals surface area (Å²) in [6.07, 6.45) is 5.50. The van der Waals surface area contributed by atoms with Crippen molar-refractivity contribution in [2.75, 3.05) is 39.4 Å². The van der Waals surface area contributed by atoms with E-state index in [1.165, 1.54) is 0 Å². The van der Waals surface area contributed by atoms with Gasteiger partial charge in [-0.1, -0.05) is 6.07 Å². The highest BCUT2D eigenvalue weighted by atomic mass is 16.5. The van der Waals surface area contributed by atoms with Crippen molar-refractivity contribution in [3.05, 3.63) is 30.1 Å². The summed E-state index contributed by atoms with van der Waals surface area (Å²) in [5.41, 5.74) is 1.16. The first-order chi connectivity index (χ1) is 10.8. The monoisotopic (exact) mass is 304 g/mol. The van der Waals surface area contributed by atoms with Gasteiger partial charge in [-0.15, -0.1) is 0 Å². The van der Waals surface area contributed by atoms with Gasteiger partial charge in [0.1, 0.15) is 0 Å². The van der Waals surface area contributed by atoms with Gasteiger partial charge < -0.3 is 15.4 Å². The van der Waals surface area contributed by atoms with Gasteiger partial charge in [0.15, 0.2) is 0 Å². The number of nitrogens with one attached hydrogen (secondary N) is 2. The predicted molar refractivity (Wildman–Crippen MR) is 83.4 cm³/mol. The zero-order valence-corrected chi connectivity index (χ0v) is 12.8. The van der Waals surface area contributed by atoms with Gasteiger partial charge in [-0.05, 0) is 24.5 Å². The molecular weight excluding hydrogens is 280 g/mol. The number of piperazine rings is 1. The van der Waals surface area contributed by atoms with E-state index in [2.05, 4.69) is 26.6 Å². The Morgan fingerprint density at radius 1 is 1.45 bits per heavy atom. The summed E-state index contributed by atoms with van der Waals surface area (Å²) in [6, 6.07) is 4.50. The largest absolute Gasteiger partial charge is 0.381 e. The second-order valence-electron chi connectivity index (χ2n) is 5.93. The number of aromatic nitrogens is 1. The molecule has 0 spiro atoms. The van der Waals surface area contributed by atoms with E-state index in [4.69, 9.17) is 4.74 Å². The summed E-state index contributed by atoms with van der Waals surface area (Å²) in [7, 11) is 0. The molecule has 2 aliphatic rings. The third-order valence-electron chi connectivity index (χ3n) is 4.36. The predicted octanol–water partition coefficient (Wildman–Crippen LogP) is 0.323. The fourth-order valence-corrected chi connectivity index (χ4v) is 3.14. The molecule has 0 aromatic carbocycles. The van der Waals surface area contributed by atoms with Gasteiger partial charge in [0.25, 0.3) is 0 Å². The molecule has 6 heteroatoms. The van der Waals surface area contributed by atoms with Crippen LogP contribution in [-0.4, -0.2) is 61.2 Å². The molecule has 1 unspecified atom stereocenters. The highest BCUT2D eigenvalue weighted by Gasteiger charge is 2.26. The molecule has 1 amide bonds. The average Bonchev–Trinajstić information content (AvgIpc) is 2.57. The standard InChI is InChI=1S/C16H24N4O2/c21-16(19-14-3-8-22-9-4-14)12-20-7-6-18-11-15(20)13-2-1-5-17-10-13/h1-2,5,10,14-15,18H,3-4,6-9,11-12H2,(H,19,21). The summed E-state index contributed by atoms with van der Waals surface area (Å²) in [5, 5.41) is 6.54. The van der Waals surface area contributed by atoms with Gasteiger partial charge >= 0.3 is 0 Å². The lowest BCUT2D eigenvalue weighted by atomic mass is 10.1. The maximum absolute atomic E-state index is 12.3. The Bertz CT molecular complexity index is 476. The Labute approximate surface area is 131 Å². The number of pyridine rings is 1. The Morgan fingerprint density at radius 2 is 2.32 bits per heavy atom. The van der Waals surface area contributed by atoms with Crippen LogP contribution >= 0.6 is 0 Å². The Kier molecular flexibility index (Phi) is 5.37. The molecule has 0 saturated carbocycles. The van der Waals surface area contributed by atoms with Crippen molar-refractivity contribution in [3.63, 3.8) is 0 Å². The molecule has 0 aliphatic carbocycles. The minimum absolute atomic E-state index is 0.114. The zero-order valence-electron chi connectivity index (χ0n) is 12.8. The first-order valence-corrected chi connectivity index (χ1v) is 8.05. The van der Waals surface area contributed by atoms with E-state index in [0.29, 0.717) is 6.54 Å². The van der Waals surface area contributed by atoms with Crippen LogP contribution < -0.4 is 10.6 Å². The summed E-state index contributed by atoms with van der Waals surface area (Å²) in [6.45, 7) is 4.59. The van der Waals surface area contributed by atoms with E-state index >= 15 is 0 Å². The maximum atomic E-state index is 12.3. The van der Waals surface area contributed by atoms with E-state index in [-0.39, 0.29) is 18.0 Å². The molecule has 2 N–H and O–H groups in total. The highest BCUT2D eigenvalue weighted by molar-refractivity contribution is 5.78. The van der Waals surface area contributed by atoms with E-state index in [9.17, 15) is 4.79 Å². The molecule has 120 valence electrons. The molecule has 2 saturated heterocycles. The van der Waals surface area contributed by atoms with Gasteiger partial charge in [0.05, 0.1) is 6.54 Å². The van der Waals surface area contributed by atoms with Crippen LogP contribution in [0.4, 0.5) is 0 Å². The topological polar surface area (TPSA) is 66.5 Å². The number of ether oxygens (including phenoxy) is 1. The third-order valence-corrected chi connectivity index (χ3v) is 4.36. The third kappa shape index (κ3) is 4.03. The molecule has 0 bridgehead atoms. The molecule has 3 heterocycles. The molecule has 22 heavy (non-hydrogen) atoms. The van der Waals surface area contributed by atoms with Crippen LogP contribution in [0.3, 0.4) is 0 Å². The first-order valence-electron chi connectivity index (χ1n) is 8.05. The Morgan fingerprint density at radius 3 is 3.09 bits per heavy atom. The van der Waals surface area contributed by atoms with Crippen LogP contribution in [-0.2, 0) is 9.53 Å². The first kappa shape index (κ1) is 15.4. The molecule has 3 rings (SSSR count). The zero-order chi connectivity index (χ0) is 15.2. The molecule has 1 aromatic heterocycles. The van der Waals surface area contributed by atoms with Crippen LogP contribution in [0.1, 0.15) is 24.4 Å². The lowest BCUT2D eigenvalue weighted by Gasteiger charge is -2.36. The van der Waals surface area contributed by atoms with Crippen molar-refractivity contribution >= 4 is 5.91 Å². The number of carbonyl (C=O) groups excluding carboxylic acids is 1. The summed E-state index contributed by atoms with van der Waals surface area (Å²) >= 11 is 0. The van der Waals surface area contributed by atoms with Crippen molar-refractivity contribution in [1.29, 1.82) is 0 Å². The summed E-state index contributed by atoms with van der Waals surface area (Å²) < 4.78 is 5.33. The van der Waals surface area contributed by atoms with Crippen molar-refractivity contribution in [1.82, 2.24) is 20.5 Å². The van der Waals surface area contributed by atoms with Crippen molar-refractivity contribution in [3.8, 4) is 0 Å². The van der Waals surface area contributed by atoms with Gasteiger partial charge in [0.2, 0.25) is 5.91 Å². The number of hydrogen-bond acceptors (Lipinski definition) is 5. The maximum Gasteiger partial charge on any atom is 0.234 e. The number of amides is 1. The van der Waals surface area contributed by atoms with Crippen molar-refractivity contribution in [2.45, 2.75) is 24.9 Å². The van der Waals surface area contributed by atoms with Crippen LogP contribution in [0.5, 0.6) is 0 Å². The molecule has 6 nitrogen and oxygen atoms in total. The number of carbonyl (C=O) groups is 1. The highest BCUT2D eigenvalue weighted by Crippen LogP contribution is 2.20. The van der Waals surface area contributed by atoms with Crippen molar-refractivity contribution in [2.24, 2.45) is 0 Å². The van der Waals surface area contributed by atoms with Crippen LogP contribution in [0.15, 0.2) is 24.5 Å². The van der Waals surface area contributed by atoms with Gasteiger partial charge in [-0.3, -0.25) is 14.7 Å². The fraction of sp³-hybridized carbons (Fsp3) is 0.625. The smallest absolute Gasteiger partial charge is 0.234 e. The summed E-state index contributed by atoms with van der Waals surface area (Å²) in [5.74, 6) is 0.114. The van der Waals surface area contributed by atoms with Crippen LogP contribution in [0.25, 0.3) is 0 Å². The number of hydrogen-bond donors (Lipinski definition) is 2. The normalized spacial score (nSPS) is 24.1. The van der Waals surface area contributed by atoms with Gasteiger partial charge in [-0.25, -0.2) is 0 Å². The lowest BCUT2D eigenvalue weighted by molar-refractivity contribution is -0.124. The van der Waals surface area contributed by atoms with Crippen LogP contribution in [0, 0.1) is 0 Å². The fourth-order valence-electron chi connectivity index (χ4n) is 3.14. The minimum Gasteiger partial charge on any atom is -0.381 e. The molecule has 2 aliphatic heterocycles. The van der Waals surface area contributed by atoms with E-state index < -0.39 is 0 Å². The van der Waals surface area contributed by atoms with E-state index in [0.717, 1.165) is 51.3 Å². The van der Waals surface area contributed by atoms with Gasteiger partial charge in [0, 0.05) is 57.3 Å². The number of rotatable bonds is 4. The molecular formula is C16H24N4O2. The van der Waals surface area contributed by atoms with Crippen LogP contribution in [0.2, 0.25) is 0 Å². The Hall–Kier alpha value is -1.50. The molecule has 1 atom stereocenters. The Balaban J connectivity index is 1.58. The van der Waals surface area contributed by atoms with E-state index in [1.807, 2.05) is 12.3 Å². The average molecular weight is 304 g/mol. The quantitative estimate of drug-likeness (QED) is 0.839. The molecule has 0 radical (unpaired) electrons. The van der Waals surface area contributed by atoms with Gasteiger partial charge in [-0.2, -0.15) is 0 Å². The lowest BCUT2D eigenvalue weighted by Crippen LogP contribution is -2.51. The second kappa shape index (κ2) is 7.67. The van der Waals surface area contributed by atoms with Crippen molar-refractivity contribution < 1.29 is 9.53 Å². The molecule has 2 fully saturated rings. The second-order valence-corrected chi connectivity index (χ2v) is 5.93. The summed E-state index contributed by atoms with van der Waals surface area (Å²) in [4.78, 5) is 18.8.